The first kappa shape index (κ1) is 12.3. The first-order valence-electron chi connectivity index (χ1n) is 4.79. The van der Waals surface area contributed by atoms with Gasteiger partial charge >= 0.3 is 6.03 Å². The number of aliphatic hydroxyl groups excluding tert-OH is 1. The monoisotopic (exact) mass is 225 g/mol. The van der Waals surface area contributed by atoms with E-state index in [1.165, 1.54) is 0 Å². The van der Waals surface area contributed by atoms with E-state index in [4.69, 9.17) is 21.3 Å². The van der Waals surface area contributed by atoms with E-state index < -0.39 is 12.1 Å². The summed E-state index contributed by atoms with van der Waals surface area (Å²) in [6, 6.07) is 6.00. The number of rotatable bonds is 5. The Balaban J connectivity index is 2.48. The Morgan fingerprint density at radius 1 is 1.44 bits per heavy atom. The zero-order valence-electron chi connectivity index (χ0n) is 8.72. The normalized spacial score (nSPS) is 11.9. The molecule has 1 rings (SSSR count). The summed E-state index contributed by atoms with van der Waals surface area (Å²) in [4.78, 5) is 10.5. The van der Waals surface area contributed by atoms with Crippen LogP contribution in [0.4, 0.5) is 10.5 Å². The molecule has 0 aliphatic carbocycles. The second kappa shape index (κ2) is 5.94. The number of ether oxygens (including phenoxy) is 1. The van der Waals surface area contributed by atoms with Gasteiger partial charge in [0.05, 0.1) is 0 Å². The van der Waals surface area contributed by atoms with Gasteiger partial charge in [0.1, 0.15) is 18.5 Å². The number of nitrogens with two attached hydrogens (primary N) is 2. The number of aliphatic hydroxyl groups is 1. The second-order valence-electron chi connectivity index (χ2n) is 3.21. The molecule has 1 atom stereocenters. The van der Waals surface area contributed by atoms with E-state index >= 15 is 0 Å². The van der Waals surface area contributed by atoms with Gasteiger partial charge in [0.15, 0.2) is 0 Å². The average Bonchev–Trinajstić information content (AvgIpc) is 2.27. The summed E-state index contributed by atoms with van der Waals surface area (Å²) in [5.41, 5.74) is 10.8. The number of amides is 2. The average molecular weight is 225 g/mol. The molecule has 1 unspecified atom stereocenters. The molecular formula is C10H15N3O3. The Morgan fingerprint density at radius 3 is 2.56 bits per heavy atom. The highest BCUT2D eigenvalue weighted by Gasteiger charge is 2.02. The Labute approximate surface area is 93.2 Å². The number of carbonyl (C=O) groups excluding carboxylic acids is 1. The maximum atomic E-state index is 10.5. The van der Waals surface area contributed by atoms with Gasteiger partial charge in [-0.15, -0.1) is 0 Å². The fourth-order valence-corrected chi connectivity index (χ4v) is 1.04. The van der Waals surface area contributed by atoms with Crippen LogP contribution in [-0.2, 0) is 0 Å². The molecule has 6 heteroatoms. The molecule has 0 heterocycles. The molecule has 16 heavy (non-hydrogen) atoms. The van der Waals surface area contributed by atoms with Crippen LogP contribution in [0.3, 0.4) is 0 Å². The summed E-state index contributed by atoms with van der Waals surface area (Å²) in [5.74, 6) is 0.586. The second-order valence-corrected chi connectivity index (χ2v) is 3.21. The summed E-state index contributed by atoms with van der Waals surface area (Å²) in [7, 11) is 0. The highest BCUT2D eigenvalue weighted by atomic mass is 16.5. The number of primary amides is 1. The van der Waals surface area contributed by atoms with Crippen LogP contribution in [0.15, 0.2) is 24.3 Å². The van der Waals surface area contributed by atoms with Crippen LogP contribution in [0.2, 0.25) is 0 Å². The highest BCUT2D eigenvalue weighted by molar-refractivity contribution is 5.87. The Bertz CT molecular complexity index is 340. The summed E-state index contributed by atoms with van der Waals surface area (Å²) in [6.07, 6.45) is -0.677. The van der Waals surface area contributed by atoms with Crippen molar-refractivity contribution < 1.29 is 14.6 Å². The molecule has 1 aromatic carbocycles. The zero-order valence-corrected chi connectivity index (χ0v) is 8.72. The minimum Gasteiger partial charge on any atom is -0.491 e. The first-order valence-corrected chi connectivity index (χ1v) is 4.79. The molecule has 1 aromatic rings. The van der Waals surface area contributed by atoms with Crippen molar-refractivity contribution in [3.8, 4) is 5.75 Å². The lowest BCUT2D eigenvalue weighted by Gasteiger charge is -2.10. The molecule has 0 saturated carbocycles. The third-order valence-corrected chi connectivity index (χ3v) is 1.84. The minimum atomic E-state index is -0.677. The van der Waals surface area contributed by atoms with Crippen molar-refractivity contribution >= 4 is 11.7 Å². The molecular weight excluding hydrogens is 210 g/mol. The van der Waals surface area contributed by atoms with Crippen LogP contribution >= 0.6 is 0 Å². The number of benzene rings is 1. The third-order valence-electron chi connectivity index (χ3n) is 1.84. The lowest BCUT2D eigenvalue weighted by Crippen LogP contribution is -2.26. The minimum absolute atomic E-state index is 0.138. The number of hydrogen-bond acceptors (Lipinski definition) is 4. The van der Waals surface area contributed by atoms with Crippen molar-refractivity contribution in [3.63, 3.8) is 0 Å². The lowest BCUT2D eigenvalue weighted by atomic mass is 10.3. The lowest BCUT2D eigenvalue weighted by molar-refractivity contribution is 0.114. The smallest absolute Gasteiger partial charge is 0.316 e. The van der Waals surface area contributed by atoms with Gasteiger partial charge in [-0.2, -0.15) is 0 Å². The van der Waals surface area contributed by atoms with Crippen LogP contribution in [-0.4, -0.2) is 30.4 Å². The highest BCUT2D eigenvalue weighted by Crippen LogP contribution is 2.15. The van der Waals surface area contributed by atoms with Crippen molar-refractivity contribution in [1.82, 2.24) is 0 Å². The van der Waals surface area contributed by atoms with Crippen molar-refractivity contribution in [1.29, 1.82) is 0 Å². The maximum absolute atomic E-state index is 10.5. The Kier molecular flexibility index (Phi) is 4.56. The third kappa shape index (κ3) is 4.16. The SMILES string of the molecule is NCC(O)COc1ccc(NC(N)=O)cc1. The summed E-state index contributed by atoms with van der Waals surface area (Å²) >= 11 is 0. The van der Waals surface area contributed by atoms with Gasteiger partial charge in [-0.1, -0.05) is 0 Å². The number of urea groups is 1. The predicted molar refractivity (Wildman–Crippen MR) is 60.2 cm³/mol. The van der Waals surface area contributed by atoms with E-state index in [9.17, 15) is 4.79 Å². The molecule has 0 bridgehead atoms. The molecule has 0 spiro atoms. The summed E-state index contributed by atoms with van der Waals surface area (Å²) in [6.45, 7) is 0.292. The van der Waals surface area contributed by atoms with Crippen LogP contribution in [0, 0.1) is 0 Å². The van der Waals surface area contributed by atoms with Gasteiger partial charge in [-0.25, -0.2) is 4.79 Å². The molecule has 0 aromatic heterocycles. The number of anilines is 1. The fraction of sp³-hybridized carbons (Fsp3) is 0.300. The van der Waals surface area contributed by atoms with Crippen molar-refractivity contribution in [2.24, 2.45) is 11.5 Å². The fourth-order valence-electron chi connectivity index (χ4n) is 1.04. The quantitative estimate of drug-likeness (QED) is 0.559. The van der Waals surface area contributed by atoms with Crippen molar-refractivity contribution in [2.45, 2.75) is 6.10 Å². The van der Waals surface area contributed by atoms with E-state index in [1.807, 2.05) is 0 Å². The predicted octanol–water partition coefficient (Wildman–Crippen LogP) is -0.124. The standard InChI is InChI=1S/C10H15N3O3/c11-5-8(14)6-16-9-3-1-7(2-4-9)13-10(12)15/h1-4,8,14H,5-6,11H2,(H3,12,13,15). The largest absolute Gasteiger partial charge is 0.491 e. The van der Waals surface area contributed by atoms with Crippen LogP contribution in [0.25, 0.3) is 0 Å². The zero-order chi connectivity index (χ0) is 12.0. The molecule has 0 saturated heterocycles. The van der Waals surface area contributed by atoms with Crippen molar-refractivity contribution in [2.75, 3.05) is 18.5 Å². The molecule has 0 fully saturated rings. The van der Waals surface area contributed by atoms with Gasteiger partial charge in [-0.3, -0.25) is 0 Å². The molecule has 88 valence electrons. The molecule has 6 N–H and O–H groups in total. The summed E-state index contributed by atoms with van der Waals surface area (Å²) in [5, 5.41) is 11.6. The topological polar surface area (TPSA) is 111 Å². The molecule has 0 aliphatic heterocycles. The molecule has 0 radical (unpaired) electrons. The van der Waals surface area contributed by atoms with Crippen LogP contribution < -0.4 is 21.5 Å². The van der Waals surface area contributed by atoms with Crippen LogP contribution in [0.5, 0.6) is 5.75 Å². The van der Waals surface area contributed by atoms with Gasteiger partial charge in [0, 0.05) is 12.2 Å². The Hall–Kier alpha value is -1.79. The number of carbonyl (C=O) groups is 1. The van der Waals surface area contributed by atoms with Gasteiger partial charge in [-0.05, 0) is 24.3 Å². The molecule has 0 aliphatic rings. The van der Waals surface area contributed by atoms with Gasteiger partial charge in [0.2, 0.25) is 0 Å². The maximum Gasteiger partial charge on any atom is 0.316 e. The van der Waals surface area contributed by atoms with E-state index in [2.05, 4.69) is 5.32 Å². The van der Waals surface area contributed by atoms with Gasteiger partial charge in [0.25, 0.3) is 0 Å². The van der Waals surface area contributed by atoms with E-state index in [0.29, 0.717) is 11.4 Å². The van der Waals surface area contributed by atoms with E-state index in [1.54, 1.807) is 24.3 Å². The number of nitrogens with one attached hydrogen (secondary N) is 1. The van der Waals surface area contributed by atoms with E-state index in [-0.39, 0.29) is 13.2 Å². The van der Waals surface area contributed by atoms with Gasteiger partial charge < -0.3 is 26.6 Å². The Morgan fingerprint density at radius 2 is 2.06 bits per heavy atom. The summed E-state index contributed by atoms with van der Waals surface area (Å²) < 4.78 is 5.24. The molecule has 2 amide bonds. The van der Waals surface area contributed by atoms with Crippen LogP contribution in [0.1, 0.15) is 0 Å². The van der Waals surface area contributed by atoms with E-state index in [0.717, 1.165) is 0 Å². The molecule has 6 nitrogen and oxygen atoms in total. The van der Waals surface area contributed by atoms with Crippen molar-refractivity contribution in [3.05, 3.63) is 24.3 Å². The first-order chi connectivity index (χ1) is 7.61. The number of hydrogen-bond donors (Lipinski definition) is 4.